The first-order chi connectivity index (χ1) is 8.27. The fraction of sp³-hybridized carbons (Fsp3) is 0.400. The van der Waals surface area contributed by atoms with Crippen molar-refractivity contribution in [3.63, 3.8) is 0 Å². The maximum Gasteiger partial charge on any atom is 0.243 e. The van der Waals surface area contributed by atoms with Crippen LogP contribution in [0.5, 0.6) is 0 Å². The lowest BCUT2D eigenvalue weighted by molar-refractivity contribution is 0.544. The SMILES string of the molecule is CSC(C)CNS(=O)(=O)c1cc(N)c(F)cc1F. The molecule has 0 aliphatic rings. The van der Waals surface area contributed by atoms with Crippen LogP contribution in [0.25, 0.3) is 0 Å². The summed E-state index contributed by atoms with van der Waals surface area (Å²) in [5.74, 6) is -2.14. The number of benzene rings is 1. The summed E-state index contributed by atoms with van der Waals surface area (Å²) >= 11 is 1.47. The zero-order chi connectivity index (χ0) is 13.9. The van der Waals surface area contributed by atoms with Gasteiger partial charge in [-0.25, -0.2) is 21.9 Å². The van der Waals surface area contributed by atoms with E-state index in [0.29, 0.717) is 6.07 Å². The number of hydrogen-bond donors (Lipinski definition) is 2. The molecule has 0 radical (unpaired) electrons. The van der Waals surface area contributed by atoms with Gasteiger partial charge in [0, 0.05) is 17.9 Å². The van der Waals surface area contributed by atoms with E-state index in [1.54, 1.807) is 0 Å². The van der Waals surface area contributed by atoms with E-state index in [1.807, 2.05) is 13.2 Å². The Kier molecular flexibility index (Phi) is 4.94. The number of halogens is 2. The van der Waals surface area contributed by atoms with Crippen molar-refractivity contribution >= 4 is 27.5 Å². The van der Waals surface area contributed by atoms with E-state index < -0.39 is 32.2 Å². The van der Waals surface area contributed by atoms with Crippen molar-refractivity contribution < 1.29 is 17.2 Å². The Morgan fingerprint density at radius 3 is 2.56 bits per heavy atom. The summed E-state index contributed by atoms with van der Waals surface area (Å²) in [6.45, 7) is 1.97. The fourth-order valence-corrected chi connectivity index (χ4v) is 2.72. The third kappa shape index (κ3) is 3.56. The highest BCUT2D eigenvalue weighted by molar-refractivity contribution is 7.99. The molecule has 0 saturated heterocycles. The Labute approximate surface area is 109 Å². The van der Waals surface area contributed by atoms with Gasteiger partial charge in [0.15, 0.2) is 0 Å². The first-order valence-corrected chi connectivity index (χ1v) is 7.82. The molecule has 0 aliphatic heterocycles. The highest BCUT2D eigenvalue weighted by Gasteiger charge is 2.21. The van der Waals surface area contributed by atoms with E-state index in [9.17, 15) is 17.2 Å². The molecule has 102 valence electrons. The van der Waals surface area contributed by atoms with Gasteiger partial charge in [-0.15, -0.1) is 0 Å². The second kappa shape index (κ2) is 5.85. The fourth-order valence-electron chi connectivity index (χ4n) is 1.14. The lowest BCUT2D eigenvalue weighted by atomic mass is 10.3. The second-order valence-electron chi connectivity index (χ2n) is 3.70. The number of nitrogens with two attached hydrogens (primary N) is 1. The van der Waals surface area contributed by atoms with Crippen LogP contribution in [0.2, 0.25) is 0 Å². The first-order valence-electron chi connectivity index (χ1n) is 5.05. The minimum atomic E-state index is -4.02. The van der Waals surface area contributed by atoms with Crippen LogP contribution in [0.1, 0.15) is 6.92 Å². The molecule has 18 heavy (non-hydrogen) atoms. The molecule has 0 saturated carbocycles. The molecule has 0 fully saturated rings. The molecule has 0 heterocycles. The van der Waals surface area contributed by atoms with Crippen molar-refractivity contribution in [2.24, 2.45) is 0 Å². The normalized spacial score (nSPS) is 13.6. The summed E-state index contributed by atoms with van der Waals surface area (Å²) in [6, 6.07) is 1.23. The van der Waals surface area contributed by atoms with Gasteiger partial charge in [0.25, 0.3) is 0 Å². The van der Waals surface area contributed by atoms with Gasteiger partial charge in [-0.2, -0.15) is 11.8 Å². The summed E-state index contributed by atoms with van der Waals surface area (Å²) in [5.41, 5.74) is 4.82. The molecule has 1 atom stereocenters. The number of rotatable bonds is 5. The summed E-state index contributed by atoms with van der Waals surface area (Å²) in [4.78, 5) is -0.644. The number of thioether (sulfide) groups is 1. The molecular formula is C10H14F2N2O2S2. The quantitative estimate of drug-likeness (QED) is 0.809. The number of nitrogen functional groups attached to an aromatic ring is 1. The van der Waals surface area contributed by atoms with Crippen LogP contribution in [0.4, 0.5) is 14.5 Å². The summed E-state index contributed by atoms with van der Waals surface area (Å²) in [7, 11) is -4.02. The molecular weight excluding hydrogens is 282 g/mol. The van der Waals surface area contributed by atoms with Crippen LogP contribution in [0, 0.1) is 11.6 Å². The molecule has 0 spiro atoms. The van der Waals surface area contributed by atoms with E-state index in [2.05, 4.69) is 4.72 Å². The van der Waals surface area contributed by atoms with Crippen molar-refractivity contribution in [1.29, 1.82) is 0 Å². The molecule has 3 N–H and O–H groups in total. The highest BCUT2D eigenvalue weighted by atomic mass is 32.2. The van der Waals surface area contributed by atoms with Crippen LogP contribution in [0.3, 0.4) is 0 Å². The zero-order valence-electron chi connectivity index (χ0n) is 9.91. The third-order valence-electron chi connectivity index (χ3n) is 2.30. The van der Waals surface area contributed by atoms with Crippen molar-refractivity contribution in [3.05, 3.63) is 23.8 Å². The predicted octanol–water partition coefficient (Wildman–Crippen LogP) is 1.58. The second-order valence-corrected chi connectivity index (χ2v) is 6.71. The molecule has 8 heteroatoms. The van der Waals surface area contributed by atoms with Gasteiger partial charge < -0.3 is 5.73 Å². The van der Waals surface area contributed by atoms with Gasteiger partial charge in [-0.05, 0) is 12.3 Å². The summed E-state index contributed by atoms with van der Waals surface area (Å²) in [5, 5.41) is 0.0423. The van der Waals surface area contributed by atoms with E-state index in [1.165, 1.54) is 11.8 Å². The molecule has 1 rings (SSSR count). The van der Waals surface area contributed by atoms with Gasteiger partial charge in [0.05, 0.1) is 5.69 Å². The maximum absolute atomic E-state index is 13.4. The molecule has 1 aromatic carbocycles. The van der Waals surface area contributed by atoms with E-state index in [0.717, 1.165) is 6.07 Å². The zero-order valence-corrected chi connectivity index (χ0v) is 11.5. The van der Waals surface area contributed by atoms with E-state index in [-0.39, 0.29) is 11.8 Å². The topological polar surface area (TPSA) is 72.2 Å². The lowest BCUT2D eigenvalue weighted by Gasteiger charge is -2.11. The molecule has 0 bridgehead atoms. The van der Waals surface area contributed by atoms with Crippen molar-refractivity contribution in [3.8, 4) is 0 Å². The molecule has 1 aromatic rings. The largest absolute Gasteiger partial charge is 0.396 e. The molecule has 0 amide bonds. The summed E-state index contributed by atoms with van der Waals surface area (Å²) in [6.07, 6.45) is 1.83. The van der Waals surface area contributed by atoms with Gasteiger partial charge >= 0.3 is 0 Å². The third-order valence-corrected chi connectivity index (χ3v) is 4.71. The van der Waals surface area contributed by atoms with Gasteiger partial charge in [0.1, 0.15) is 16.5 Å². The highest BCUT2D eigenvalue weighted by Crippen LogP contribution is 2.20. The standard InChI is InChI=1S/C10H14F2N2O2S2/c1-6(17-2)5-14-18(15,16)10-4-9(13)7(11)3-8(10)12/h3-4,6,14H,5,13H2,1-2H3. The molecule has 1 unspecified atom stereocenters. The van der Waals surface area contributed by atoms with Crippen molar-refractivity contribution in [1.82, 2.24) is 4.72 Å². The van der Waals surface area contributed by atoms with Crippen LogP contribution < -0.4 is 10.5 Å². The Hall–Kier alpha value is -0.860. The van der Waals surface area contributed by atoms with Crippen LogP contribution in [0.15, 0.2) is 17.0 Å². The Bertz CT molecular complexity index is 535. The number of nitrogens with one attached hydrogen (secondary N) is 1. The van der Waals surface area contributed by atoms with Gasteiger partial charge in [-0.3, -0.25) is 0 Å². The molecule has 0 aromatic heterocycles. The summed E-state index contributed by atoms with van der Waals surface area (Å²) < 4.78 is 52.2. The minimum Gasteiger partial charge on any atom is -0.396 e. The maximum atomic E-state index is 13.4. The average Bonchev–Trinajstić information content (AvgIpc) is 2.30. The van der Waals surface area contributed by atoms with Crippen LogP contribution in [-0.4, -0.2) is 26.5 Å². The number of hydrogen-bond acceptors (Lipinski definition) is 4. The first kappa shape index (κ1) is 15.2. The monoisotopic (exact) mass is 296 g/mol. The van der Waals surface area contributed by atoms with Crippen molar-refractivity contribution in [2.75, 3.05) is 18.5 Å². The number of sulfonamides is 1. The van der Waals surface area contributed by atoms with Crippen molar-refractivity contribution in [2.45, 2.75) is 17.1 Å². The van der Waals surface area contributed by atoms with Crippen LogP contribution >= 0.6 is 11.8 Å². The lowest BCUT2D eigenvalue weighted by Crippen LogP contribution is -2.30. The van der Waals surface area contributed by atoms with Gasteiger partial charge in [-0.1, -0.05) is 6.92 Å². The predicted molar refractivity (Wildman–Crippen MR) is 68.9 cm³/mol. The van der Waals surface area contributed by atoms with Crippen LogP contribution in [-0.2, 0) is 10.0 Å². The smallest absolute Gasteiger partial charge is 0.243 e. The molecule has 0 aliphatic carbocycles. The van der Waals surface area contributed by atoms with E-state index >= 15 is 0 Å². The Morgan fingerprint density at radius 2 is 2.00 bits per heavy atom. The Balaban J connectivity index is 3.02. The minimum absolute atomic E-state index is 0.0423. The molecule has 4 nitrogen and oxygen atoms in total. The van der Waals surface area contributed by atoms with E-state index in [4.69, 9.17) is 5.73 Å². The average molecular weight is 296 g/mol. The van der Waals surface area contributed by atoms with Gasteiger partial charge in [0.2, 0.25) is 10.0 Å². The number of anilines is 1. The Morgan fingerprint density at radius 1 is 1.39 bits per heavy atom.